The summed E-state index contributed by atoms with van der Waals surface area (Å²) in [5.74, 6) is 0. The lowest BCUT2D eigenvalue weighted by Crippen LogP contribution is -2.51. The highest BCUT2D eigenvalue weighted by Gasteiger charge is 2.11. The average Bonchev–Trinajstić information content (AvgIpc) is 2.27. The highest BCUT2D eigenvalue weighted by Crippen LogP contribution is 1.90. The van der Waals surface area contributed by atoms with E-state index in [0.717, 1.165) is 26.2 Å². The highest BCUT2D eigenvalue weighted by atomic mass is 15.1. The quantitative estimate of drug-likeness (QED) is 0.468. The Morgan fingerprint density at radius 1 is 0.500 bits per heavy atom. The molecule has 0 aromatic rings. The molecule has 1 fully saturated rings. The highest BCUT2D eigenvalue weighted by molar-refractivity contribution is 4.77. The van der Waals surface area contributed by atoms with Gasteiger partial charge in [0.1, 0.15) is 0 Å². The van der Waals surface area contributed by atoms with Gasteiger partial charge in [-0.3, -0.25) is 0 Å². The molecule has 1 aliphatic rings. The third-order valence-corrected chi connectivity index (χ3v) is 3.09. The molecule has 1 rings (SSSR count). The van der Waals surface area contributed by atoms with Crippen molar-refractivity contribution in [2.45, 2.75) is 51.9 Å². The lowest BCUT2D eigenvalue weighted by atomic mass is 10.2. The van der Waals surface area contributed by atoms with Gasteiger partial charge < -0.3 is 21.3 Å². The smallest absolute Gasteiger partial charge is 0.0164 e. The van der Waals surface area contributed by atoms with E-state index in [4.69, 9.17) is 0 Å². The molecule has 0 aromatic heterocycles. The monoisotopic (exact) mass is 228 g/mol. The fourth-order valence-electron chi connectivity index (χ4n) is 1.80. The summed E-state index contributed by atoms with van der Waals surface area (Å²) in [7, 11) is 0. The van der Waals surface area contributed by atoms with Crippen LogP contribution in [-0.2, 0) is 0 Å². The van der Waals surface area contributed by atoms with E-state index in [0.29, 0.717) is 24.2 Å². The molecule has 4 N–H and O–H groups in total. The molecule has 1 aliphatic heterocycles. The topological polar surface area (TPSA) is 48.1 Å². The summed E-state index contributed by atoms with van der Waals surface area (Å²) in [5.41, 5.74) is 0. The van der Waals surface area contributed by atoms with Crippen LogP contribution in [0.25, 0.3) is 0 Å². The van der Waals surface area contributed by atoms with E-state index in [1.54, 1.807) is 0 Å². The molecule has 0 amide bonds. The van der Waals surface area contributed by atoms with Gasteiger partial charge in [0.25, 0.3) is 0 Å². The third-order valence-electron chi connectivity index (χ3n) is 3.09. The van der Waals surface area contributed by atoms with E-state index in [9.17, 15) is 0 Å². The third kappa shape index (κ3) is 5.80. The summed E-state index contributed by atoms with van der Waals surface area (Å²) in [6.07, 6.45) is 0. The number of nitrogens with one attached hydrogen (secondary N) is 4. The van der Waals surface area contributed by atoms with Crippen molar-refractivity contribution in [2.75, 3.05) is 26.2 Å². The molecule has 16 heavy (non-hydrogen) atoms. The Bertz CT molecular complexity index is 130. The number of hydrogen-bond acceptors (Lipinski definition) is 4. The van der Waals surface area contributed by atoms with Crippen LogP contribution in [0.15, 0.2) is 0 Å². The van der Waals surface area contributed by atoms with E-state index >= 15 is 0 Å². The molecule has 0 spiro atoms. The molecule has 4 nitrogen and oxygen atoms in total. The van der Waals surface area contributed by atoms with Gasteiger partial charge in [0.05, 0.1) is 0 Å². The summed E-state index contributed by atoms with van der Waals surface area (Å²) >= 11 is 0. The van der Waals surface area contributed by atoms with Crippen molar-refractivity contribution in [3.63, 3.8) is 0 Å². The second kappa shape index (κ2) is 7.22. The average molecular weight is 228 g/mol. The Morgan fingerprint density at radius 3 is 0.875 bits per heavy atom. The van der Waals surface area contributed by atoms with Crippen LogP contribution in [0.4, 0.5) is 0 Å². The summed E-state index contributed by atoms with van der Waals surface area (Å²) in [6.45, 7) is 13.0. The molecule has 1 heterocycles. The van der Waals surface area contributed by atoms with Crippen molar-refractivity contribution in [1.29, 1.82) is 0 Å². The van der Waals surface area contributed by atoms with Gasteiger partial charge >= 0.3 is 0 Å². The van der Waals surface area contributed by atoms with E-state index < -0.39 is 0 Å². The predicted molar refractivity (Wildman–Crippen MR) is 69.9 cm³/mol. The van der Waals surface area contributed by atoms with Gasteiger partial charge in [-0.25, -0.2) is 0 Å². The van der Waals surface area contributed by atoms with Crippen LogP contribution in [0.1, 0.15) is 27.7 Å². The number of hydrogen-bond donors (Lipinski definition) is 4. The van der Waals surface area contributed by atoms with Crippen LogP contribution in [-0.4, -0.2) is 50.3 Å². The first kappa shape index (κ1) is 13.9. The Hall–Kier alpha value is -0.160. The Morgan fingerprint density at radius 2 is 0.688 bits per heavy atom. The van der Waals surface area contributed by atoms with E-state index in [1.165, 1.54) is 0 Å². The minimum absolute atomic E-state index is 0.531. The summed E-state index contributed by atoms with van der Waals surface area (Å²) in [6, 6.07) is 2.12. The molecule has 0 radical (unpaired) electrons. The lowest BCUT2D eigenvalue weighted by molar-refractivity contribution is 0.376. The zero-order chi connectivity index (χ0) is 12.0. The molecular weight excluding hydrogens is 200 g/mol. The van der Waals surface area contributed by atoms with Crippen molar-refractivity contribution < 1.29 is 0 Å². The minimum atomic E-state index is 0.531. The maximum Gasteiger partial charge on any atom is 0.0164 e. The van der Waals surface area contributed by atoms with Crippen LogP contribution >= 0.6 is 0 Å². The second-order valence-corrected chi connectivity index (χ2v) is 5.24. The first-order valence-corrected chi connectivity index (χ1v) is 6.51. The van der Waals surface area contributed by atoms with Crippen molar-refractivity contribution in [1.82, 2.24) is 21.3 Å². The van der Waals surface area contributed by atoms with Gasteiger partial charge in [-0.15, -0.1) is 0 Å². The Balaban J connectivity index is 2.39. The largest absolute Gasteiger partial charge is 0.311 e. The zero-order valence-electron chi connectivity index (χ0n) is 11.1. The van der Waals surface area contributed by atoms with Gasteiger partial charge in [0.2, 0.25) is 0 Å². The summed E-state index contributed by atoms with van der Waals surface area (Å²) in [5, 5.41) is 14.2. The molecule has 0 bridgehead atoms. The molecule has 0 aromatic carbocycles. The van der Waals surface area contributed by atoms with Gasteiger partial charge in [0.15, 0.2) is 0 Å². The van der Waals surface area contributed by atoms with Crippen LogP contribution < -0.4 is 21.3 Å². The van der Waals surface area contributed by atoms with Crippen LogP contribution in [0.5, 0.6) is 0 Å². The normalized spacial score (nSPS) is 39.8. The standard InChI is InChI=1S/C12H28N4/c1-9-5-14-11(3)7-16-12(4)8-15-10(2)6-13-9/h9-16H,5-8H2,1-4H3/t9-,10+,11+,12-. The minimum Gasteiger partial charge on any atom is -0.311 e. The predicted octanol–water partition coefficient (Wildman–Crippen LogP) is -0.0876. The SMILES string of the molecule is C[C@@H]1CN[C@@H](C)CN[C@H](C)CN[C@@H](C)CN1. The molecule has 4 heteroatoms. The Kier molecular flexibility index (Phi) is 6.28. The maximum absolute atomic E-state index is 3.54. The van der Waals surface area contributed by atoms with Crippen molar-refractivity contribution >= 4 is 0 Å². The summed E-state index contributed by atoms with van der Waals surface area (Å²) < 4.78 is 0. The molecular formula is C12H28N4. The molecule has 4 atom stereocenters. The lowest BCUT2D eigenvalue weighted by Gasteiger charge is -2.26. The second-order valence-electron chi connectivity index (χ2n) is 5.24. The van der Waals surface area contributed by atoms with Crippen LogP contribution in [0.3, 0.4) is 0 Å². The molecule has 0 saturated carbocycles. The van der Waals surface area contributed by atoms with Gasteiger partial charge in [-0.05, 0) is 27.7 Å². The van der Waals surface area contributed by atoms with Crippen molar-refractivity contribution in [2.24, 2.45) is 0 Å². The first-order chi connectivity index (χ1) is 7.58. The molecule has 1 saturated heterocycles. The van der Waals surface area contributed by atoms with E-state index in [1.807, 2.05) is 0 Å². The molecule has 0 unspecified atom stereocenters. The molecule has 96 valence electrons. The first-order valence-electron chi connectivity index (χ1n) is 6.51. The van der Waals surface area contributed by atoms with Crippen LogP contribution in [0, 0.1) is 0 Å². The number of rotatable bonds is 0. The summed E-state index contributed by atoms with van der Waals surface area (Å²) in [4.78, 5) is 0. The fourth-order valence-corrected chi connectivity index (χ4v) is 1.80. The van der Waals surface area contributed by atoms with Crippen LogP contribution in [0.2, 0.25) is 0 Å². The van der Waals surface area contributed by atoms with E-state index in [-0.39, 0.29) is 0 Å². The maximum atomic E-state index is 3.54. The fraction of sp³-hybridized carbons (Fsp3) is 1.00. The van der Waals surface area contributed by atoms with E-state index in [2.05, 4.69) is 49.0 Å². The molecule has 0 aliphatic carbocycles. The van der Waals surface area contributed by atoms with Crippen molar-refractivity contribution in [3.05, 3.63) is 0 Å². The zero-order valence-corrected chi connectivity index (χ0v) is 11.1. The van der Waals surface area contributed by atoms with Gasteiger partial charge in [0, 0.05) is 50.3 Å². The van der Waals surface area contributed by atoms with Crippen molar-refractivity contribution in [3.8, 4) is 0 Å². The van der Waals surface area contributed by atoms with Gasteiger partial charge in [-0.2, -0.15) is 0 Å². The van der Waals surface area contributed by atoms with Gasteiger partial charge in [-0.1, -0.05) is 0 Å². The Labute approximate surface area is 99.9 Å².